The van der Waals surface area contributed by atoms with Crippen LogP contribution >= 0.6 is 0 Å². The summed E-state index contributed by atoms with van der Waals surface area (Å²) in [5.41, 5.74) is -0.241. The van der Waals surface area contributed by atoms with Crippen LogP contribution in [-0.2, 0) is 11.2 Å². The molecular formula is C15H18N2O4. The maximum atomic E-state index is 11.1. The zero-order valence-electron chi connectivity index (χ0n) is 12.0. The second-order valence-corrected chi connectivity index (χ2v) is 5.87. The van der Waals surface area contributed by atoms with Gasteiger partial charge in [-0.05, 0) is 37.3 Å². The fourth-order valence-electron chi connectivity index (χ4n) is 3.16. The first-order chi connectivity index (χ1) is 10.1. The summed E-state index contributed by atoms with van der Waals surface area (Å²) in [5.74, 6) is 1.40. The molecule has 0 atom stereocenters. The quantitative estimate of drug-likeness (QED) is 0.909. The van der Waals surface area contributed by atoms with Gasteiger partial charge >= 0.3 is 5.97 Å². The number of carboxylic acid groups (broad SMARTS) is 1. The molecule has 1 fully saturated rings. The molecule has 2 aromatic heterocycles. The highest BCUT2D eigenvalue weighted by atomic mass is 16.4. The smallest absolute Gasteiger partial charge is 0.303 e. The SMILES string of the molecule is Cc1ccc(-c2nnc(CC3(CC(=O)O)CCCC3)o2)o1. The van der Waals surface area contributed by atoms with Gasteiger partial charge in [0.1, 0.15) is 5.76 Å². The lowest BCUT2D eigenvalue weighted by molar-refractivity contribution is -0.139. The average Bonchev–Trinajstić information content (AvgIpc) is 3.11. The summed E-state index contributed by atoms with van der Waals surface area (Å²) in [4.78, 5) is 11.1. The zero-order chi connectivity index (χ0) is 14.9. The molecule has 6 nitrogen and oxygen atoms in total. The molecule has 112 valence electrons. The number of rotatable bonds is 5. The molecule has 21 heavy (non-hydrogen) atoms. The van der Waals surface area contributed by atoms with Crippen LogP contribution in [-0.4, -0.2) is 21.3 Å². The molecular weight excluding hydrogens is 272 g/mol. The van der Waals surface area contributed by atoms with Crippen LogP contribution in [0.2, 0.25) is 0 Å². The van der Waals surface area contributed by atoms with E-state index in [4.69, 9.17) is 13.9 Å². The molecule has 3 rings (SSSR count). The van der Waals surface area contributed by atoms with E-state index in [0.29, 0.717) is 24.0 Å². The van der Waals surface area contributed by atoms with Crippen LogP contribution in [0.1, 0.15) is 43.8 Å². The molecule has 6 heteroatoms. The van der Waals surface area contributed by atoms with Gasteiger partial charge in [0.15, 0.2) is 5.76 Å². The van der Waals surface area contributed by atoms with Gasteiger partial charge in [0.2, 0.25) is 5.89 Å². The number of aliphatic carboxylic acids is 1. The van der Waals surface area contributed by atoms with Gasteiger partial charge in [-0.2, -0.15) is 0 Å². The largest absolute Gasteiger partial charge is 0.481 e. The first-order valence-electron chi connectivity index (χ1n) is 7.17. The fourth-order valence-corrected chi connectivity index (χ4v) is 3.16. The third-order valence-electron chi connectivity index (χ3n) is 4.13. The maximum absolute atomic E-state index is 11.1. The van der Waals surface area contributed by atoms with Crippen LogP contribution in [0.4, 0.5) is 0 Å². The lowest BCUT2D eigenvalue weighted by Crippen LogP contribution is -2.23. The lowest BCUT2D eigenvalue weighted by atomic mass is 9.79. The Morgan fingerprint density at radius 2 is 2.05 bits per heavy atom. The monoisotopic (exact) mass is 290 g/mol. The third kappa shape index (κ3) is 2.99. The molecule has 0 bridgehead atoms. The van der Waals surface area contributed by atoms with Crippen molar-refractivity contribution in [2.24, 2.45) is 5.41 Å². The van der Waals surface area contributed by atoms with Gasteiger partial charge in [-0.15, -0.1) is 10.2 Å². The normalized spacial score (nSPS) is 17.2. The molecule has 2 heterocycles. The molecule has 1 saturated carbocycles. The molecule has 0 spiro atoms. The van der Waals surface area contributed by atoms with Gasteiger partial charge in [-0.1, -0.05) is 12.8 Å². The molecule has 1 aliphatic carbocycles. The highest BCUT2D eigenvalue weighted by Gasteiger charge is 2.37. The summed E-state index contributed by atoms with van der Waals surface area (Å²) in [5, 5.41) is 17.2. The Morgan fingerprint density at radius 1 is 1.29 bits per heavy atom. The van der Waals surface area contributed by atoms with Crippen molar-refractivity contribution < 1.29 is 18.7 Å². The summed E-state index contributed by atoms with van der Waals surface area (Å²) in [6, 6.07) is 3.62. The fraction of sp³-hybridized carbons (Fsp3) is 0.533. The number of nitrogens with zero attached hydrogens (tertiary/aromatic N) is 2. The molecule has 1 aliphatic rings. The minimum atomic E-state index is -0.765. The molecule has 0 saturated heterocycles. The van der Waals surface area contributed by atoms with E-state index in [1.165, 1.54) is 0 Å². The number of aryl methyl sites for hydroxylation is 1. The number of aromatic nitrogens is 2. The maximum Gasteiger partial charge on any atom is 0.303 e. The standard InChI is InChI=1S/C15H18N2O4/c1-10-4-5-11(20-10)14-17-16-12(21-14)8-15(9-13(18)19)6-2-3-7-15/h4-5H,2-3,6-9H2,1H3,(H,18,19). The van der Waals surface area contributed by atoms with E-state index in [1.54, 1.807) is 6.07 Å². The molecule has 2 aromatic rings. The minimum absolute atomic E-state index is 0.157. The van der Waals surface area contributed by atoms with E-state index in [9.17, 15) is 4.79 Å². The number of carbonyl (C=O) groups is 1. The average molecular weight is 290 g/mol. The highest BCUT2D eigenvalue weighted by Crippen LogP contribution is 2.43. The molecule has 0 radical (unpaired) electrons. The van der Waals surface area contributed by atoms with Crippen LogP contribution in [0, 0.1) is 12.3 Å². The van der Waals surface area contributed by atoms with E-state index < -0.39 is 5.97 Å². The highest BCUT2D eigenvalue weighted by molar-refractivity contribution is 5.67. The summed E-state index contributed by atoms with van der Waals surface area (Å²) < 4.78 is 11.1. The van der Waals surface area contributed by atoms with Crippen molar-refractivity contribution in [1.29, 1.82) is 0 Å². The first kappa shape index (κ1) is 13.9. The molecule has 1 N–H and O–H groups in total. The van der Waals surface area contributed by atoms with Gasteiger partial charge in [0.25, 0.3) is 5.89 Å². The van der Waals surface area contributed by atoms with E-state index in [0.717, 1.165) is 31.4 Å². The van der Waals surface area contributed by atoms with Gasteiger partial charge in [-0.25, -0.2) is 0 Å². The van der Waals surface area contributed by atoms with Gasteiger partial charge in [0.05, 0.1) is 6.42 Å². The lowest BCUT2D eigenvalue weighted by Gasteiger charge is -2.24. The Kier molecular flexibility index (Phi) is 3.53. The van der Waals surface area contributed by atoms with E-state index >= 15 is 0 Å². The van der Waals surface area contributed by atoms with Crippen LogP contribution in [0.3, 0.4) is 0 Å². The van der Waals surface area contributed by atoms with E-state index in [2.05, 4.69) is 10.2 Å². The predicted molar refractivity (Wildman–Crippen MR) is 73.6 cm³/mol. The number of hydrogen-bond donors (Lipinski definition) is 1. The summed E-state index contributed by atoms with van der Waals surface area (Å²) in [6.45, 7) is 1.85. The van der Waals surface area contributed by atoms with Crippen molar-refractivity contribution in [2.75, 3.05) is 0 Å². The van der Waals surface area contributed by atoms with Crippen molar-refractivity contribution >= 4 is 5.97 Å². The Bertz CT molecular complexity index is 638. The molecule has 0 unspecified atom stereocenters. The van der Waals surface area contributed by atoms with Gasteiger partial charge in [-0.3, -0.25) is 4.79 Å². The second-order valence-electron chi connectivity index (χ2n) is 5.87. The van der Waals surface area contributed by atoms with Crippen LogP contribution in [0.15, 0.2) is 21.0 Å². The second kappa shape index (κ2) is 5.35. The Morgan fingerprint density at radius 3 is 2.67 bits per heavy atom. The Hall–Kier alpha value is -2.11. The van der Waals surface area contributed by atoms with Crippen LogP contribution in [0.5, 0.6) is 0 Å². The van der Waals surface area contributed by atoms with Crippen molar-refractivity contribution in [3.05, 3.63) is 23.8 Å². The van der Waals surface area contributed by atoms with Crippen molar-refractivity contribution in [1.82, 2.24) is 10.2 Å². The van der Waals surface area contributed by atoms with Crippen molar-refractivity contribution in [2.45, 2.75) is 45.4 Å². The molecule has 0 amide bonds. The first-order valence-corrected chi connectivity index (χ1v) is 7.17. The van der Waals surface area contributed by atoms with Crippen LogP contribution in [0.25, 0.3) is 11.7 Å². The summed E-state index contributed by atoms with van der Waals surface area (Å²) in [7, 11) is 0. The zero-order valence-corrected chi connectivity index (χ0v) is 12.0. The molecule has 0 aliphatic heterocycles. The third-order valence-corrected chi connectivity index (χ3v) is 4.13. The Balaban J connectivity index is 1.78. The minimum Gasteiger partial charge on any atom is -0.481 e. The number of furan rings is 1. The van der Waals surface area contributed by atoms with Crippen molar-refractivity contribution in [3.8, 4) is 11.7 Å². The van der Waals surface area contributed by atoms with Gasteiger partial charge in [0, 0.05) is 6.42 Å². The summed E-state index contributed by atoms with van der Waals surface area (Å²) >= 11 is 0. The van der Waals surface area contributed by atoms with Crippen molar-refractivity contribution in [3.63, 3.8) is 0 Å². The number of hydrogen-bond acceptors (Lipinski definition) is 5. The molecule has 0 aromatic carbocycles. The van der Waals surface area contributed by atoms with Crippen LogP contribution < -0.4 is 0 Å². The van der Waals surface area contributed by atoms with Gasteiger partial charge < -0.3 is 13.9 Å². The summed E-state index contributed by atoms with van der Waals surface area (Å²) in [6.07, 6.45) is 4.60. The van der Waals surface area contributed by atoms with E-state index in [1.807, 2.05) is 13.0 Å². The predicted octanol–water partition coefficient (Wildman–Crippen LogP) is 3.22. The number of carboxylic acids is 1. The topological polar surface area (TPSA) is 89.4 Å². The van der Waals surface area contributed by atoms with E-state index in [-0.39, 0.29) is 11.8 Å². The Labute approximate surface area is 122 Å².